The molecular weight excluding hydrogens is 278 g/mol. The quantitative estimate of drug-likeness (QED) is 0.598. The van der Waals surface area contributed by atoms with Crippen molar-refractivity contribution in [2.75, 3.05) is 20.1 Å². The van der Waals surface area contributed by atoms with Crippen molar-refractivity contribution in [1.29, 1.82) is 0 Å². The first-order valence-corrected chi connectivity index (χ1v) is 8.42. The molecule has 3 nitrogen and oxygen atoms in total. The van der Waals surface area contributed by atoms with Crippen molar-refractivity contribution in [2.45, 2.75) is 44.7 Å². The second-order valence-corrected chi connectivity index (χ2v) is 6.37. The molecule has 1 fully saturated rings. The van der Waals surface area contributed by atoms with E-state index >= 15 is 0 Å². The summed E-state index contributed by atoms with van der Waals surface area (Å²) in [7, 11) is 2.17. The molecule has 116 valence electrons. The van der Waals surface area contributed by atoms with Crippen molar-refractivity contribution in [3.63, 3.8) is 0 Å². The minimum atomic E-state index is 0.603. The van der Waals surface area contributed by atoms with Crippen LogP contribution in [-0.4, -0.2) is 36.2 Å². The smallest absolute Gasteiger partial charge is 0.166 e. The molecule has 1 aromatic carbocycles. The highest BCUT2D eigenvalue weighted by Crippen LogP contribution is 2.17. The highest BCUT2D eigenvalue weighted by molar-refractivity contribution is 7.80. The van der Waals surface area contributed by atoms with Crippen molar-refractivity contribution < 1.29 is 0 Å². The Labute approximate surface area is 134 Å². The molecule has 0 radical (unpaired) electrons. The monoisotopic (exact) mass is 305 g/mol. The number of hydrogen-bond acceptors (Lipinski definition) is 2. The van der Waals surface area contributed by atoms with E-state index in [2.05, 4.69) is 52.9 Å². The van der Waals surface area contributed by atoms with Crippen LogP contribution < -0.4 is 10.6 Å². The molecular formula is C17H27N3S. The van der Waals surface area contributed by atoms with Crippen LogP contribution in [0.3, 0.4) is 0 Å². The Kier molecular flexibility index (Phi) is 6.96. The van der Waals surface area contributed by atoms with E-state index in [0.29, 0.717) is 6.04 Å². The third-order valence-electron chi connectivity index (χ3n) is 3.99. The van der Waals surface area contributed by atoms with Gasteiger partial charge < -0.3 is 15.5 Å². The molecule has 0 unspecified atom stereocenters. The maximum absolute atomic E-state index is 5.34. The molecule has 1 aliphatic carbocycles. The van der Waals surface area contributed by atoms with E-state index in [1.54, 1.807) is 0 Å². The van der Waals surface area contributed by atoms with Crippen molar-refractivity contribution in [1.82, 2.24) is 15.5 Å². The lowest BCUT2D eigenvalue weighted by molar-refractivity contribution is 0.322. The summed E-state index contributed by atoms with van der Waals surface area (Å²) in [6.07, 6.45) is 6.31. The number of nitrogens with one attached hydrogen (secondary N) is 2. The molecule has 0 bridgehead atoms. The zero-order valence-corrected chi connectivity index (χ0v) is 13.8. The van der Waals surface area contributed by atoms with Gasteiger partial charge in [0.1, 0.15) is 0 Å². The Morgan fingerprint density at radius 2 is 1.95 bits per heavy atom. The average Bonchev–Trinajstić information content (AvgIpc) is 2.97. The number of nitrogens with zero attached hydrogens (tertiary/aromatic N) is 1. The van der Waals surface area contributed by atoms with Crippen LogP contribution in [0.25, 0.3) is 0 Å². The van der Waals surface area contributed by atoms with E-state index in [-0.39, 0.29) is 0 Å². The Morgan fingerprint density at radius 1 is 1.24 bits per heavy atom. The molecule has 1 aromatic rings. The lowest BCUT2D eigenvalue weighted by Gasteiger charge is -2.18. The molecule has 0 heterocycles. The van der Waals surface area contributed by atoms with Gasteiger partial charge in [-0.1, -0.05) is 43.2 Å². The maximum Gasteiger partial charge on any atom is 0.166 e. The van der Waals surface area contributed by atoms with Gasteiger partial charge in [-0.25, -0.2) is 0 Å². The molecule has 0 saturated heterocycles. The van der Waals surface area contributed by atoms with E-state index in [1.807, 2.05) is 0 Å². The summed E-state index contributed by atoms with van der Waals surface area (Å²) < 4.78 is 0. The highest BCUT2D eigenvalue weighted by Gasteiger charge is 2.14. The van der Waals surface area contributed by atoms with Gasteiger partial charge in [-0.2, -0.15) is 0 Å². The van der Waals surface area contributed by atoms with E-state index in [0.717, 1.165) is 31.2 Å². The summed E-state index contributed by atoms with van der Waals surface area (Å²) in [5.41, 5.74) is 1.37. The van der Waals surface area contributed by atoms with E-state index in [4.69, 9.17) is 12.2 Å². The van der Waals surface area contributed by atoms with Crippen LogP contribution >= 0.6 is 12.2 Å². The Balaban J connectivity index is 1.53. The summed E-state index contributed by atoms with van der Waals surface area (Å²) in [4.78, 5) is 2.35. The Morgan fingerprint density at radius 3 is 2.67 bits per heavy atom. The number of benzene rings is 1. The largest absolute Gasteiger partial charge is 0.363 e. The first kappa shape index (κ1) is 16.2. The average molecular weight is 305 g/mol. The van der Waals surface area contributed by atoms with Crippen LogP contribution in [0.1, 0.15) is 37.7 Å². The Bertz CT molecular complexity index is 415. The zero-order chi connectivity index (χ0) is 14.9. The third kappa shape index (κ3) is 6.44. The second-order valence-electron chi connectivity index (χ2n) is 5.96. The van der Waals surface area contributed by atoms with Crippen LogP contribution in [0.2, 0.25) is 0 Å². The first-order valence-electron chi connectivity index (χ1n) is 8.01. The molecule has 2 rings (SSSR count). The maximum atomic E-state index is 5.34. The fourth-order valence-electron chi connectivity index (χ4n) is 2.83. The van der Waals surface area contributed by atoms with Crippen LogP contribution in [0, 0.1) is 0 Å². The van der Waals surface area contributed by atoms with Crippen LogP contribution in [0.15, 0.2) is 30.3 Å². The van der Waals surface area contributed by atoms with Gasteiger partial charge >= 0.3 is 0 Å². The SMILES string of the molecule is CN(CCCNC(=S)NC1CCCC1)Cc1ccccc1. The van der Waals surface area contributed by atoms with E-state index in [9.17, 15) is 0 Å². The molecule has 2 N–H and O–H groups in total. The van der Waals surface area contributed by atoms with Crippen molar-refractivity contribution in [2.24, 2.45) is 0 Å². The van der Waals surface area contributed by atoms with Gasteiger partial charge in [0.2, 0.25) is 0 Å². The van der Waals surface area contributed by atoms with Crippen LogP contribution in [0.4, 0.5) is 0 Å². The van der Waals surface area contributed by atoms with Crippen molar-refractivity contribution in [3.8, 4) is 0 Å². The van der Waals surface area contributed by atoms with Gasteiger partial charge in [0.15, 0.2) is 5.11 Å². The predicted octanol–water partition coefficient (Wildman–Crippen LogP) is 2.92. The molecule has 0 spiro atoms. The fourth-order valence-corrected chi connectivity index (χ4v) is 3.10. The summed E-state index contributed by atoms with van der Waals surface area (Å²) in [5.74, 6) is 0. The van der Waals surface area contributed by atoms with Gasteiger partial charge in [0, 0.05) is 19.1 Å². The molecule has 4 heteroatoms. The minimum Gasteiger partial charge on any atom is -0.363 e. The van der Waals surface area contributed by atoms with Gasteiger partial charge in [0.25, 0.3) is 0 Å². The lowest BCUT2D eigenvalue weighted by atomic mass is 10.2. The van der Waals surface area contributed by atoms with Crippen LogP contribution in [0.5, 0.6) is 0 Å². The van der Waals surface area contributed by atoms with Crippen molar-refractivity contribution >= 4 is 17.3 Å². The number of rotatable bonds is 7. The summed E-state index contributed by atoms with van der Waals surface area (Å²) in [5, 5.41) is 7.56. The molecule has 21 heavy (non-hydrogen) atoms. The van der Waals surface area contributed by atoms with Crippen LogP contribution in [-0.2, 0) is 6.54 Å². The van der Waals surface area contributed by atoms with Gasteiger partial charge in [-0.15, -0.1) is 0 Å². The standard InChI is InChI=1S/C17H27N3S/c1-20(14-15-8-3-2-4-9-15)13-7-12-18-17(21)19-16-10-5-6-11-16/h2-4,8-9,16H,5-7,10-14H2,1H3,(H2,18,19,21). The van der Waals surface area contributed by atoms with Gasteiger partial charge in [-0.05, 0) is 50.6 Å². The fraction of sp³-hybridized carbons (Fsp3) is 0.588. The summed E-state index contributed by atoms with van der Waals surface area (Å²) in [6.45, 7) is 3.03. The zero-order valence-electron chi connectivity index (χ0n) is 13.0. The first-order chi connectivity index (χ1) is 10.2. The third-order valence-corrected chi connectivity index (χ3v) is 4.25. The highest BCUT2D eigenvalue weighted by atomic mass is 32.1. The predicted molar refractivity (Wildman–Crippen MR) is 93.4 cm³/mol. The molecule has 1 aliphatic rings. The Hall–Kier alpha value is -1.13. The number of hydrogen-bond donors (Lipinski definition) is 2. The molecule has 0 amide bonds. The van der Waals surface area contributed by atoms with E-state index in [1.165, 1.54) is 31.2 Å². The van der Waals surface area contributed by atoms with Gasteiger partial charge in [0.05, 0.1) is 0 Å². The second kappa shape index (κ2) is 9.00. The molecule has 0 atom stereocenters. The van der Waals surface area contributed by atoms with E-state index < -0.39 is 0 Å². The van der Waals surface area contributed by atoms with Crippen molar-refractivity contribution in [3.05, 3.63) is 35.9 Å². The number of thiocarbonyl (C=S) groups is 1. The normalized spacial score (nSPS) is 15.3. The molecule has 0 aromatic heterocycles. The minimum absolute atomic E-state index is 0.603. The topological polar surface area (TPSA) is 27.3 Å². The summed E-state index contributed by atoms with van der Waals surface area (Å²) in [6, 6.07) is 11.2. The summed E-state index contributed by atoms with van der Waals surface area (Å²) >= 11 is 5.34. The molecule has 1 saturated carbocycles. The molecule has 0 aliphatic heterocycles. The van der Waals surface area contributed by atoms with Gasteiger partial charge in [-0.3, -0.25) is 0 Å². The lowest BCUT2D eigenvalue weighted by Crippen LogP contribution is -2.41.